The maximum atomic E-state index is 9.46. The number of hydrogen-bond donors (Lipinski definition) is 1. The molecule has 2 N–H and O–H groups in total. The van der Waals surface area contributed by atoms with E-state index in [0.29, 0.717) is 0 Å². The summed E-state index contributed by atoms with van der Waals surface area (Å²) in [4.78, 5) is 8.87. The highest BCUT2D eigenvalue weighted by atomic mass is 16.6. The van der Waals surface area contributed by atoms with Crippen molar-refractivity contribution in [3.8, 4) is 0 Å². The molecule has 0 aromatic rings. The van der Waals surface area contributed by atoms with Crippen LogP contribution in [0.15, 0.2) is 11.9 Å². The molecule has 0 spiro atoms. The van der Waals surface area contributed by atoms with Gasteiger partial charge in [0.1, 0.15) is 0 Å². The Labute approximate surface area is 40.8 Å². The monoisotopic (exact) mass is 102 g/mol. The fourth-order valence-corrected chi connectivity index (χ4v) is 0.166. The molecule has 40 valence electrons. The zero-order chi connectivity index (χ0) is 5.86. The van der Waals surface area contributed by atoms with Crippen LogP contribution >= 0.6 is 0 Å². The lowest BCUT2D eigenvalue weighted by atomic mass is 10.6. The Balaban J connectivity index is 3.68. The van der Waals surface area contributed by atoms with E-state index in [1.54, 1.807) is 0 Å². The first-order valence-electron chi connectivity index (χ1n) is 1.70. The van der Waals surface area contributed by atoms with Crippen LogP contribution in [0.3, 0.4) is 0 Å². The van der Waals surface area contributed by atoms with Gasteiger partial charge < -0.3 is 5.73 Å². The summed E-state index contributed by atoms with van der Waals surface area (Å²) in [6.45, 7) is 1.46. The average Bonchev–Trinajstić information content (AvgIpc) is 1.27. The topological polar surface area (TPSA) is 69.2 Å². The van der Waals surface area contributed by atoms with Gasteiger partial charge in [-0.15, -0.1) is 0 Å². The smallest absolute Gasteiger partial charge is 0.252 e. The molecule has 0 unspecified atom stereocenters. The molecule has 0 aromatic carbocycles. The molecule has 0 fully saturated rings. The molecule has 0 radical (unpaired) electrons. The van der Waals surface area contributed by atoms with Gasteiger partial charge in [-0.2, -0.15) is 0 Å². The summed E-state index contributed by atoms with van der Waals surface area (Å²) in [7, 11) is 0. The van der Waals surface area contributed by atoms with E-state index in [9.17, 15) is 10.1 Å². The van der Waals surface area contributed by atoms with Gasteiger partial charge in [0, 0.05) is 0 Å². The van der Waals surface area contributed by atoms with Crippen LogP contribution in [-0.4, -0.2) is 4.92 Å². The standard InChI is InChI=1S/C3H6N2O2/c1-3(4)2-5(6)7/h2H,4H2,1H3/b3-2-. The first kappa shape index (κ1) is 5.94. The van der Waals surface area contributed by atoms with E-state index in [0.717, 1.165) is 6.20 Å². The molecular formula is C3H6N2O2. The summed E-state index contributed by atoms with van der Waals surface area (Å²) in [5, 5.41) is 9.46. The summed E-state index contributed by atoms with van der Waals surface area (Å²) < 4.78 is 0. The van der Waals surface area contributed by atoms with Crippen molar-refractivity contribution in [2.45, 2.75) is 6.92 Å². The van der Waals surface area contributed by atoms with E-state index >= 15 is 0 Å². The van der Waals surface area contributed by atoms with E-state index in [1.807, 2.05) is 0 Å². The number of rotatable bonds is 1. The number of nitro groups is 1. The minimum atomic E-state index is -0.588. The highest BCUT2D eigenvalue weighted by Gasteiger charge is 1.84. The van der Waals surface area contributed by atoms with Crippen LogP contribution in [0.4, 0.5) is 0 Å². The molecule has 0 saturated carbocycles. The zero-order valence-corrected chi connectivity index (χ0v) is 3.92. The summed E-state index contributed by atoms with van der Waals surface area (Å²) in [6, 6.07) is 0. The quantitative estimate of drug-likeness (QED) is 0.376. The molecule has 0 heterocycles. The minimum Gasteiger partial charge on any atom is -0.397 e. The van der Waals surface area contributed by atoms with Crippen molar-refractivity contribution in [3.63, 3.8) is 0 Å². The van der Waals surface area contributed by atoms with Crippen LogP contribution in [0.1, 0.15) is 6.92 Å². The van der Waals surface area contributed by atoms with Gasteiger partial charge in [-0.3, -0.25) is 10.1 Å². The van der Waals surface area contributed by atoms with Crippen LogP contribution in [0.5, 0.6) is 0 Å². The first-order chi connectivity index (χ1) is 3.13. The van der Waals surface area contributed by atoms with E-state index in [2.05, 4.69) is 0 Å². The Hall–Kier alpha value is -1.06. The summed E-state index contributed by atoms with van der Waals surface area (Å²) in [5.41, 5.74) is 5.13. The molecule has 0 bridgehead atoms. The highest BCUT2D eigenvalue weighted by Crippen LogP contribution is 1.76. The molecule has 0 saturated heterocycles. The van der Waals surface area contributed by atoms with Crippen molar-refractivity contribution in [3.05, 3.63) is 22.0 Å². The van der Waals surface area contributed by atoms with Crippen molar-refractivity contribution in [1.29, 1.82) is 0 Å². The Morgan fingerprint density at radius 2 is 2.43 bits per heavy atom. The maximum absolute atomic E-state index is 9.46. The third kappa shape index (κ3) is 4.94. The molecule has 0 aliphatic rings. The second-order valence-electron chi connectivity index (χ2n) is 1.16. The second-order valence-corrected chi connectivity index (χ2v) is 1.16. The van der Waals surface area contributed by atoms with Gasteiger partial charge in [-0.25, -0.2) is 0 Å². The number of hydrogen-bond acceptors (Lipinski definition) is 3. The summed E-state index contributed by atoms with van der Waals surface area (Å²) in [5.74, 6) is 0. The fraction of sp³-hybridized carbons (Fsp3) is 0.333. The number of nitrogens with zero attached hydrogens (tertiary/aromatic N) is 1. The van der Waals surface area contributed by atoms with Crippen LogP contribution in [0, 0.1) is 10.1 Å². The van der Waals surface area contributed by atoms with Crippen LogP contribution in [-0.2, 0) is 0 Å². The van der Waals surface area contributed by atoms with Gasteiger partial charge in [0.05, 0.1) is 10.6 Å². The molecule has 4 nitrogen and oxygen atoms in total. The normalized spacial score (nSPS) is 11.3. The minimum absolute atomic E-state index is 0.213. The molecule has 0 aliphatic heterocycles. The van der Waals surface area contributed by atoms with E-state index < -0.39 is 4.92 Å². The molecule has 0 rings (SSSR count). The maximum Gasteiger partial charge on any atom is 0.252 e. The average molecular weight is 102 g/mol. The van der Waals surface area contributed by atoms with Gasteiger partial charge in [0.2, 0.25) is 0 Å². The highest BCUT2D eigenvalue weighted by molar-refractivity contribution is 4.82. The fourth-order valence-electron chi connectivity index (χ4n) is 0.166. The molecule has 4 heteroatoms. The lowest BCUT2D eigenvalue weighted by Crippen LogP contribution is -1.94. The van der Waals surface area contributed by atoms with Gasteiger partial charge >= 0.3 is 0 Å². The second kappa shape index (κ2) is 2.17. The summed E-state index contributed by atoms with van der Waals surface area (Å²) >= 11 is 0. The largest absolute Gasteiger partial charge is 0.397 e. The van der Waals surface area contributed by atoms with Gasteiger partial charge in [-0.1, -0.05) is 0 Å². The van der Waals surface area contributed by atoms with Gasteiger partial charge in [0.15, 0.2) is 0 Å². The molecule has 0 aliphatic carbocycles. The van der Waals surface area contributed by atoms with E-state index in [1.165, 1.54) is 6.92 Å². The number of allylic oxidation sites excluding steroid dienone is 1. The molecular weight excluding hydrogens is 96.0 g/mol. The summed E-state index contributed by atoms with van der Waals surface area (Å²) in [6.07, 6.45) is 0.750. The molecule has 0 amide bonds. The van der Waals surface area contributed by atoms with Crippen LogP contribution in [0.2, 0.25) is 0 Å². The Kier molecular flexibility index (Phi) is 1.84. The van der Waals surface area contributed by atoms with Crippen molar-refractivity contribution in [1.82, 2.24) is 0 Å². The van der Waals surface area contributed by atoms with Crippen molar-refractivity contribution in [2.75, 3.05) is 0 Å². The Bertz CT molecular complexity index is 104. The van der Waals surface area contributed by atoms with Gasteiger partial charge in [0.25, 0.3) is 6.20 Å². The van der Waals surface area contributed by atoms with Gasteiger partial charge in [-0.05, 0) is 6.92 Å². The third-order valence-electron chi connectivity index (χ3n) is 0.309. The molecule has 0 aromatic heterocycles. The first-order valence-corrected chi connectivity index (χ1v) is 1.70. The van der Waals surface area contributed by atoms with E-state index in [4.69, 9.17) is 5.73 Å². The molecule has 0 atom stereocenters. The molecule has 7 heavy (non-hydrogen) atoms. The Morgan fingerprint density at radius 1 is 2.00 bits per heavy atom. The lowest BCUT2D eigenvalue weighted by Gasteiger charge is -1.78. The number of nitrogens with two attached hydrogens (primary N) is 1. The van der Waals surface area contributed by atoms with Crippen molar-refractivity contribution >= 4 is 0 Å². The third-order valence-corrected chi connectivity index (χ3v) is 0.309. The Morgan fingerprint density at radius 3 is 2.43 bits per heavy atom. The van der Waals surface area contributed by atoms with Crippen LogP contribution in [0.25, 0.3) is 0 Å². The van der Waals surface area contributed by atoms with E-state index in [-0.39, 0.29) is 5.70 Å². The van der Waals surface area contributed by atoms with Crippen molar-refractivity contribution in [2.24, 2.45) is 5.73 Å². The van der Waals surface area contributed by atoms with Crippen LogP contribution < -0.4 is 5.73 Å². The van der Waals surface area contributed by atoms with Crippen molar-refractivity contribution < 1.29 is 4.92 Å². The zero-order valence-electron chi connectivity index (χ0n) is 3.92. The predicted molar refractivity (Wildman–Crippen MR) is 24.9 cm³/mol. The SMILES string of the molecule is C/C(N)=C/[N+](=O)[O-]. The lowest BCUT2D eigenvalue weighted by molar-refractivity contribution is -0.403. The predicted octanol–water partition coefficient (Wildman–Crippen LogP) is 0.0831.